The number of urea groups is 1. The van der Waals surface area contributed by atoms with Crippen molar-refractivity contribution in [1.29, 1.82) is 0 Å². The Morgan fingerprint density at radius 3 is 2.34 bits per heavy atom. The highest BCUT2D eigenvalue weighted by atomic mass is 19.3. The van der Waals surface area contributed by atoms with Crippen molar-refractivity contribution < 1.29 is 32.2 Å². The first-order chi connectivity index (χ1) is 16.7. The maximum Gasteiger partial charge on any atom is 0.324 e. The van der Waals surface area contributed by atoms with Gasteiger partial charge in [-0.15, -0.1) is 0 Å². The first kappa shape index (κ1) is 25.0. The Morgan fingerprint density at radius 2 is 1.69 bits per heavy atom. The molecule has 2 amide bonds. The molecular formula is C26H31F3N2O4. The van der Waals surface area contributed by atoms with Crippen molar-refractivity contribution in [2.45, 2.75) is 45.1 Å². The summed E-state index contributed by atoms with van der Waals surface area (Å²) < 4.78 is 59.6. The molecule has 1 aliphatic carbocycles. The lowest BCUT2D eigenvalue weighted by molar-refractivity contribution is 0.0454. The number of anilines is 1. The Kier molecular flexibility index (Phi) is 7.05. The molecule has 1 unspecified atom stereocenters. The van der Waals surface area contributed by atoms with Crippen LogP contribution in [0.5, 0.6) is 17.2 Å². The summed E-state index contributed by atoms with van der Waals surface area (Å²) in [7, 11) is 2.96. The second-order valence-electron chi connectivity index (χ2n) is 9.23. The summed E-state index contributed by atoms with van der Waals surface area (Å²) in [6.07, 6.45) is 2.62. The summed E-state index contributed by atoms with van der Waals surface area (Å²) in [6.45, 7) is 2.29. The highest BCUT2D eigenvalue weighted by molar-refractivity contribution is 5.93. The fourth-order valence-corrected chi connectivity index (χ4v) is 4.63. The van der Waals surface area contributed by atoms with Gasteiger partial charge in [0.1, 0.15) is 11.6 Å². The number of amides is 2. The number of hydrogen-bond acceptors (Lipinski definition) is 4. The normalized spacial score (nSPS) is 20.8. The van der Waals surface area contributed by atoms with Crippen LogP contribution in [0.2, 0.25) is 0 Å². The van der Waals surface area contributed by atoms with Gasteiger partial charge in [0.05, 0.1) is 32.8 Å². The van der Waals surface area contributed by atoms with Gasteiger partial charge in [-0.25, -0.2) is 18.0 Å². The van der Waals surface area contributed by atoms with E-state index >= 15 is 0 Å². The summed E-state index contributed by atoms with van der Waals surface area (Å²) in [6, 6.07) is 8.53. The molecule has 0 bridgehead atoms. The Morgan fingerprint density at radius 1 is 0.971 bits per heavy atom. The summed E-state index contributed by atoms with van der Waals surface area (Å²) >= 11 is 0. The average Bonchev–Trinajstić information content (AvgIpc) is 3.37. The summed E-state index contributed by atoms with van der Waals surface area (Å²) in [5, 5.41) is 0. The van der Waals surface area contributed by atoms with Crippen molar-refractivity contribution in [2.24, 2.45) is 5.41 Å². The van der Waals surface area contributed by atoms with Crippen LogP contribution in [0.15, 0.2) is 36.4 Å². The number of unbranched alkanes of at least 4 members (excludes halogenated alkanes) is 2. The molecule has 0 N–H and O–H groups in total. The maximum atomic E-state index is 14.6. The predicted molar refractivity (Wildman–Crippen MR) is 126 cm³/mol. The molecule has 1 spiro atoms. The molecule has 4 rings (SSSR count). The zero-order valence-electron chi connectivity index (χ0n) is 20.3. The molecule has 2 aromatic carbocycles. The van der Waals surface area contributed by atoms with Crippen LogP contribution in [0.25, 0.3) is 0 Å². The first-order valence-electron chi connectivity index (χ1n) is 11.8. The number of carbonyl (C=O) groups is 1. The van der Waals surface area contributed by atoms with Crippen LogP contribution in [-0.4, -0.2) is 50.8 Å². The summed E-state index contributed by atoms with van der Waals surface area (Å²) in [5.41, 5.74) is -0.500. The monoisotopic (exact) mass is 492 g/mol. The van der Waals surface area contributed by atoms with Gasteiger partial charge >= 0.3 is 6.03 Å². The smallest absolute Gasteiger partial charge is 0.324 e. The number of methoxy groups -OCH3 is 2. The zero-order chi connectivity index (χ0) is 25.2. The van der Waals surface area contributed by atoms with Crippen LogP contribution in [0.3, 0.4) is 0 Å². The Bertz CT molecular complexity index is 1080. The number of rotatable bonds is 10. The molecule has 35 heavy (non-hydrogen) atoms. The van der Waals surface area contributed by atoms with Gasteiger partial charge in [-0.2, -0.15) is 0 Å². The Hall–Kier alpha value is -3.10. The van der Waals surface area contributed by atoms with Crippen LogP contribution in [0.4, 0.5) is 23.7 Å². The molecular weight excluding hydrogens is 461 g/mol. The lowest BCUT2D eigenvalue weighted by Gasteiger charge is -2.41. The number of halogens is 3. The SMILES string of the molecule is CCCCCOc1cc(N2CC3(CN(Cc4cc(F)ccc4OC)C2=O)CC3(F)F)ccc1OC. The molecule has 1 saturated heterocycles. The topological polar surface area (TPSA) is 51.2 Å². The standard InChI is InChI=1S/C26H31F3N2O4/c1-4-5-6-11-35-23-13-20(8-10-22(23)34-3)31-17-25(15-26(25,28)29)16-30(24(31)32)14-18-12-19(27)7-9-21(18)33-2/h7-10,12-13H,4-6,11,14-17H2,1-3H3. The predicted octanol–water partition coefficient (Wildman–Crippen LogP) is 5.88. The Labute approximate surface area is 203 Å². The third-order valence-electron chi connectivity index (χ3n) is 6.74. The van der Waals surface area contributed by atoms with Gasteiger partial charge in [0.2, 0.25) is 0 Å². The van der Waals surface area contributed by atoms with Gasteiger partial charge in [-0.05, 0) is 36.8 Å². The highest BCUT2D eigenvalue weighted by Crippen LogP contribution is 2.62. The third kappa shape index (κ3) is 4.99. The van der Waals surface area contributed by atoms with E-state index in [4.69, 9.17) is 14.2 Å². The van der Waals surface area contributed by atoms with Crippen molar-refractivity contribution in [3.63, 3.8) is 0 Å². The largest absolute Gasteiger partial charge is 0.496 e. The van der Waals surface area contributed by atoms with Crippen molar-refractivity contribution in [2.75, 3.05) is 38.8 Å². The number of ether oxygens (including phenoxy) is 3. The summed E-state index contributed by atoms with van der Waals surface area (Å²) in [4.78, 5) is 16.2. The lowest BCUT2D eigenvalue weighted by atomic mass is 10.0. The minimum absolute atomic E-state index is 0.0510. The van der Waals surface area contributed by atoms with Gasteiger partial charge in [-0.3, -0.25) is 4.90 Å². The van der Waals surface area contributed by atoms with E-state index in [2.05, 4.69) is 6.92 Å². The van der Waals surface area contributed by atoms with Crippen LogP contribution >= 0.6 is 0 Å². The molecule has 190 valence electrons. The average molecular weight is 493 g/mol. The van der Waals surface area contributed by atoms with E-state index in [9.17, 15) is 18.0 Å². The van der Waals surface area contributed by atoms with Crippen molar-refractivity contribution >= 4 is 11.7 Å². The number of benzene rings is 2. The molecule has 2 fully saturated rings. The molecule has 9 heteroatoms. The number of carbonyl (C=O) groups excluding carboxylic acids is 1. The second-order valence-corrected chi connectivity index (χ2v) is 9.23. The van der Waals surface area contributed by atoms with Crippen molar-refractivity contribution in [1.82, 2.24) is 4.90 Å². The quantitative estimate of drug-likeness (QED) is 0.389. The van der Waals surface area contributed by atoms with E-state index in [1.807, 2.05) is 0 Å². The maximum absolute atomic E-state index is 14.6. The van der Waals surface area contributed by atoms with Gasteiger partial charge in [-0.1, -0.05) is 19.8 Å². The molecule has 0 radical (unpaired) electrons. The van der Waals surface area contributed by atoms with Gasteiger partial charge < -0.3 is 19.1 Å². The second kappa shape index (κ2) is 9.87. The van der Waals surface area contributed by atoms with Gasteiger partial charge in [0.15, 0.2) is 11.5 Å². The van der Waals surface area contributed by atoms with E-state index < -0.39 is 23.2 Å². The first-order valence-corrected chi connectivity index (χ1v) is 11.8. The minimum atomic E-state index is -2.89. The van der Waals surface area contributed by atoms with Crippen molar-refractivity contribution in [3.8, 4) is 17.2 Å². The van der Waals surface area contributed by atoms with Gasteiger partial charge in [0, 0.05) is 36.8 Å². The third-order valence-corrected chi connectivity index (χ3v) is 6.74. The van der Waals surface area contributed by atoms with Crippen LogP contribution < -0.4 is 19.1 Å². The number of nitrogens with zero attached hydrogens (tertiary/aromatic N) is 2. The van der Waals surface area contributed by atoms with Crippen LogP contribution in [0.1, 0.15) is 38.2 Å². The van der Waals surface area contributed by atoms with Gasteiger partial charge in [0.25, 0.3) is 5.92 Å². The van der Waals surface area contributed by atoms with E-state index in [0.29, 0.717) is 35.1 Å². The molecule has 1 aliphatic heterocycles. The van der Waals surface area contributed by atoms with E-state index in [1.165, 1.54) is 42.2 Å². The lowest BCUT2D eigenvalue weighted by Crippen LogP contribution is -2.55. The minimum Gasteiger partial charge on any atom is -0.496 e. The molecule has 1 heterocycles. The van der Waals surface area contributed by atoms with E-state index in [-0.39, 0.29) is 26.1 Å². The van der Waals surface area contributed by atoms with Crippen LogP contribution in [0, 0.1) is 11.2 Å². The molecule has 6 nitrogen and oxygen atoms in total. The van der Waals surface area contributed by atoms with E-state index in [0.717, 1.165) is 19.3 Å². The summed E-state index contributed by atoms with van der Waals surface area (Å²) in [5.74, 6) is -2.03. The fourth-order valence-electron chi connectivity index (χ4n) is 4.63. The number of hydrogen-bond donors (Lipinski definition) is 0. The van der Waals surface area contributed by atoms with E-state index in [1.54, 1.807) is 18.2 Å². The molecule has 1 saturated carbocycles. The number of alkyl halides is 2. The molecule has 1 atom stereocenters. The van der Waals surface area contributed by atoms with Crippen LogP contribution in [-0.2, 0) is 6.54 Å². The Balaban J connectivity index is 1.63. The molecule has 2 aromatic rings. The zero-order valence-corrected chi connectivity index (χ0v) is 20.3. The van der Waals surface area contributed by atoms with Crippen molar-refractivity contribution in [3.05, 3.63) is 47.8 Å². The molecule has 0 aromatic heterocycles. The molecule has 2 aliphatic rings. The fraction of sp³-hybridized carbons (Fsp3) is 0.500. The highest BCUT2D eigenvalue weighted by Gasteiger charge is 2.73.